The summed E-state index contributed by atoms with van der Waals surface area (Å²) in [5.41, 5.74) is 6.08. The summed E-state index contributed by atoms with van der Waals surface area (Å²) < 4.78 is 0.621. The second-order valence-electron chi connectivity index (χ2n) is 7.80. The van der Waals surface area contributed by atoms with Crippen LogP contribution in [0.1, 0.15) is 22.3 Å². The van der Waals surface area contributed by atoms with Crippen LogP contribution in [-0.2, 0) is 24.3 Å². The lowest BCUT2D eigenvalue weighted by Crippen LogP contribution is -2.27. The molecule has 1 saturated heterocycles. The average molecular weight is 443 g/mol. The second kappa shape index (κ2) is 8.69. The number of carbonyl (C=O) groups is 1. The zero-order valence-corrected chi connectivity index (χ0v) is 18.7. The number of anilines is 1. The Bertz CT molecular complexity index is 1160. The maximum Gasteiger partial charge on any atom is 0.266 e. The summed E-state index contributed by atoms with van der Waals surface area (Å²) in [5.74, 6) is -0.00921. The van der Waals surface area contributed by atoms with Gasteiger partial charge in [-0.15, -0.1) is 0 Å². The van der Waals surface area contributed by atoms with Crippen molar-refractivity contribution in [1.29, 1.82) is 0 Å². The zero-order chi connectivity index (χ0) is 21.2. The Labute approximate surface area is 192 Å². The quantitative estimate of drug-likeness (QED) is 0.376. The number of thiocarbonyl (C=S) groups is 1. The van der Waals surface area contributed by atoms with E-state index in [2.05, 4.69) is 53.4 Å². The van der Waals surface area contributed by atoms with E-state index in [1.54, 1.807) is 4.90 Å². The van der Waals surface area contributed by atoms with Crippen LogP contribution < -0.4 is 4.90 Å². The Balaban J connectivity index is 1.32. The van der Waals surface area contributed by atoms with Crippen LogP contribution in [0.5, 0.6) is 0 Å². The zero-order valence-electron chi connectivity index (χ0n) is 17.0. The lowest BCUT2D eigenvalue weighted by molar-refractivity contribution is -0.122. The normalized spacial score (nSPS) is 17.0. The van der Waals surface area contributed by atoms with Crippen LogP contribution in [-0.4, -0.2) is 21.7 Å². The van der Waals surface area contributed by atoms with E-state index in [-0.39, 0.29) is 5.91 Å². The van der Waals surface area contributed by atoms with Crippen molar-refractivity contribution in [2.75, 3.05) is 11.4 Å². The third kappa shape index (κ3) is 4.29. The highest BCUT2D eigenvalue weighted by Crippen LogP contribution is 2.35. The first-order valence-corrected chi connectivity index (χ1v) is 11.6. The summed E-state index contributed by atoms with van der Waals surface area (Å²) >= 11 is 6.88. The molecule has 0 saturated carbocycles. The summed E-state index contributed by atoms with van der Waals surface area (Å²) in [5, 5.41) is 0. The topological polar surface area (TPSA) is 23.6 Å². The van der Waals surface area contributed by atoms with Gasteiger partial charge in [0.25, 0.3) is 5.91 Å². The molecule has 2 aliphatic rings. The number of carbonyl (C=O) groups excluding carboxylic acids is 1. The molecule has 0 bridgehead atoms. The number of hydrogen-bond donors (Lipinski definition) is 0. The predicted molar refractivity (Wildman–Crippen MR) is 133 cm³/mol. The molecule has 2 heterocycles. The van der Waals surface area contributed by atoms with Crippen molar-refractivity contribution in [3.63, 3.8) is 0 Å². The van der Waals surface area contributed by atoms with Crippen molar-refractivity contribution in [1.82, 2.24) is 4.90 Å². The fourth-order valence-electron chi connectivity index (χ4n) is 4.10. The van der Waals surface area contributed by atoms with Crippen LogP contribution in [0.25, 0.3) is 6.08 Å². The van der Waals surface area contributed by atoms with E-state index in [1.165, 1.54) is 28.6 Å². The number of nitrogens with zero attached hydrogens (tertiary/aromatic N) is 2. The molecule has 2 aliphatic heterocycles. The highest BCUT2D eigenvalue weighted by molar-refractivity contribution is 8.26. The molecule has 31 heavy (non-hydrogen) atoms. The Morgan fingerprint density at radius 3 is 2.29 bits per heavy atom. The SMILES string of the molecule is O=C1/C(=C\c2ccc3c(c2)CCN3Cc2ccccc2)SC(=S)N1Cc1ccccc1. The average Bonchev–Trinajstić information content (AvgIpc) is 3.30. The van der Waals surface area contributed by atoms with E-state index < -0.39 is 0 Å². The summed E-state index contributed by atoms with van der Waals surface area (Å²) in [7, 11) is 0. The largest absolute Gasteiger partial charge is 0.367 e. The predicted octanol–water partition coefficient (Wildman–Crippen LogP) is 5.65. The number of amides is 1. The van der Waals surface area contributed by atoms with E-state index in [0.717, 1.165) is 30.6 Å². The van der Waals surface area contributed by atoms with Gasteiger partial charge < -0.3 is 4.90 Å². The lowest BCUT2D eigenvalue weighted by atomic mass is 10.1. The van der Waals surface area contributed by atoms with E-state index in [0.29, 0.717) is 15.8 Å². The molecule has 0 N–H and O–H groups in total. The van der Waals surface area contributed by atoms with Crippen LogP contribution in [0.15, 0.2) is 83.8 Å². The van der Waals surface area contributed by atoms with Crippen LogP contribution >= 0.6 is 24.0 Å². The van der Waals surface area contributed by atoms with Crippen LogP contribution in [0.4, 0.5) is 5.69 Å². The van der Waals surface area contributed by atoms with Gasteiger partial charge in [-0.05, 0) is 46.9 Å². The van der Waals surface area contributed by atoms with Gasteiger partial charge in [-0.3, -0.25) is 9.69 Å². The molecule has 0 aliphatic carbocycles. The van der Waals surface area contributed by atoms with Crippen molar-refractivity contribution in [3.8, 4) is 0 Å². The summed E-state index contributed by atoms with van der Waals surface area (Å²) in [4.78, 5) is 17.8. The highest BCUT2D eigenvalue weighted by atomic mass is 32.2. The monoisotopic (exact) mass is 442 g/mol. The van der Waals surface area contributed by atoms with Gasteiger partial charge in [-0.25, -0.2) is 0 Å². The standard InChI is InChI=1S/C26H22N2OS2/c29-25-24(31-26(30)28(25)18-20-9-5-2-6-10-20)16-21-11-12-23-22(15-21)13-14-27(23)17-19-7-3-1-4-8-19/h1-12,15-16H,13-14,17-18H2/b24-16+. The van der Waals surface area contributed by atoms with E-state index in [9.17, 15) is 4.79 Å². The number of fused-ring (bicyclic) bond motifs is 1. The number of benzene rings is 3. The van der Waals surface area contributed by atoms with Gasteiger partial charge in [0.1, 0.15) is 4.32 Å². The Morgan fingerprint density at radius 2 is 1.58 bits per heavy atom. The number of rotatable bonds is 5. The number of hydrogen-bond acceptors (Lipinski definition) is 4. The van der Waals surface area contributed by atoms with Gasteiger partial charge in [0.2, 0.25) is 0 Å². The minimum Gasteiger partial charge on any atom is -0.367 e. The second-order valence-corrected chi connectivity index (χ2v) is 9.47. The lowest BCUT2D eigenvalue weighted by Gasteiger charge is -2.19. The summed E-state index contributed by atoms with van der Waals surface area (Å²) in [6.07, 6.45) is 3.00. The molecule has 0 aromatic heterocycles. The van der Waals surface area contributed by atoms with Crippen molar-refractivity contribution in [2.24, 2.45) is 0 Å². The molecule has 0 unspecified atom stereocenters. The maximum atomic E-state index is 13.0. The van der Waals surface area contributed by atoms with Crippen molar-refractivity contribution in [2.45, 2.75) is 19.5 Å². The molecule has 1 fully saturated rings. The Morgan fingerprint density at radius 1 is 0.903 bits per heavy atom. The Kier molecular flexibility index (Phi) is 5.62. The summed E-state index contributed by atoms with van der Waals surface area (Å²) in [6.45, 7) is 2.46. The molecule has 3 aromatic rings. The smallest absolute Gasteiger partial charge is 0.266 e. The van der Waals surface area contributed by atoms with Crippen LogP contribution in [0.3, 0.4) is 0 Å². The molecule has 1 amide bonds. The first-order valence-electron chi connectivity index (χ1n) is 10.4. The number of thioether (sulfide) groups is 1. The fourth-order valence-corrected chi connectivity index (χ4v) is 5.36. The van der Waals surface area contributed by atoms with Crippen molar-refractivity contribution >= 4 is 46.0 Å². The Hall–Kier alpha value is -2.89. The molecule has 154 valence electrons. The van der Waals surface area contributed by atoms with Crippen LogP contribution in [0.2, 0.25) is 0 Å². The van der Waals surface area contributed by atoms with E-state index in [4.69, 9.17) is 12.2 Å². The molecule has 3 nitrogen and oxygen atoms in total. The molecule has 5 heteroatoms. The first-order chi connectivity index (χ1) is 15.2. The fraction of sp³-hybridized carbons (Fsp3) is 0.154. The molecule has 3 aromatic carbocycles. The van der Waals surface area contributed by atoms with Gasteiger partial charge in [-0.1, -0.05) is 90.7 Å². The molecule has 0 spiro atoms. The molecular weight excluding hydrogens is 420 g/mol. The van der Waals surface area contributed by atoms with E-state index >= 15 is 0 Å². The van der Waals surface area contributed by atoms with Gasteiger partial charge in [0.05, 0.1) is 11.4 Å². The molecule has 0 radical (unpaired) electrons. The first kappa shape index (κ1) is 20.0. The summed E-state index contributed by atoms with van der Waals surface area (Å²) in [6, 6.07) is 27.0. The van der Waals surface area contributed by atoms with Gasteiger partial charge >= 0.3 is 0 Å². The van der Waals surface area contributed by atoms with Gasteiger partial charge in [-0.2, -0.15) is 0 Å². The van der Waals surface area contributed by atoms with Crippen LogP contribution in [0, 0.1) is 0 Å². The minimum absolute atomic E-state index is 0.00921. The third-order valence-corrected chi connectivity index (χ3v) is 7.04. The minimum atomic E-state index is -0.00921. The van der Waals surface area contributed by atoms with Gasteiger partial charge in [0.15, 0.2) is 0 Å². The van der Waals surface area contributed by atoms with Crippen molar-refractivity contribution < 1.29 is 4.79 Å². The molecule has 0 atom stereocenters. The van der Waals surface area contributed by atoms with Gasteiger partial charge in [0, 0.05) is 18.8 Å². The maximum absolute atomic E-state index is 13.0. The molecule has 5 rings (SSSR count). The third-order valence-electron chi connectivity index (χ3n) is 5.67. The highest BCUT2D eigenvalue weighted by Gasteiger charge is 2.32. The van der Waals surface area contributed by atoms with Crippen molar-refractivity contribution in [3.05, 3.63) is 106 Å². The van der Waals surface area contributed by atoms with E-state index in [1.807, 2.05) is 36.4 Å². The molecular formula is C26H22N2OS2.